The summed E-state index contributed by atoms with van der Waals surface area (Å²) in [6, 6.07) is 4.02. The molecule has 0 aromatic heterocycles. The first-order chi connectivity index (χ1) is 8.69. The molecule has 1 aromatic rings. The number of carbonyl (C=O) groups is 2. The lowest BCUT2D eigenvalue weighted by Gasteiger charge is -2.19. The zero-order valence-corrected chi connectivity index (χ0v) is 11.5. The highest BCUT2D eigenvalue weighted by Gasteiger charge is 2.17. The standard InChI is InChI=1S/C14H18FNO3/c1-9-7-10(5-6-11(9)15)13(18)16-8-12(17)19-14(2,3)4/h5-7H,8H2,1-4H3,(H,16,18). The maximum atomic E-state index is 13.1. The SMILES string of the molecule is Cc1cc(C(=O)NCC(=O)OC(C)(C)C)ccc1F. The first-order valence-corrected chi connectivity index (χ1v) is 5.95. The van der Waals surface area contributed by atoms with Gasteiger partial charge in [-0.2, -0.15) is 0 Å². The van der Waals surface area contributed by atoms with Gasteiger partial charge in [0.15, 0.2) is 0 Å². The number of carbonyl (C=O) groups excluding carboxylic acids is 2. The average molecular weight is 267 g/mol. The van der Waals surface area contributed by atoms with Crippen LogP contribution < -0.4 is 5.32 Å². The van der Waals surface area contributed by atoms with Crippen LogP contribution in [0.3, 0.4) is 0 Å². The average Bonchev–Trinajstić information content (AvgIpc) is 2.27. The summed E-state index contributed by atoms with van der Waals surface area (Å²) in [5, 5.41) is 2.43. The lowest BCUT2D eigenvalue weighted by Crippen LogP contribution is -2.34. The number of hydrogen-bond donors (Lipinski definition) is 1. The Bertz CT molecular complexity index is 492. The molecular weight excluding hydrogens is 249 g/mol. The molecule has 0 aliphatic rings. The summed E-state index contributed by atoms with van der Waals surface area (Å²) in [7, 11) is 0. The quantitative estimate of drug-likeness (QED) is 0.854. The summed E-state index contributed by atoms with van der Waals surface area (Å²) < 4.78 is 18.1. The van der Waals surface area contributed by atoms with Crippen molar-refractivity contribution in [2.45, 2.75) is 33.3 Å². The lowest BCUT2D eigenvalue weighted by molar-refractivity contribution is -0.153. The summed E-state index contributed by atoms with van der Waals surface area (Å²) in [6.45, 7) is 6.59. The van der Waals surface area contributed by atoms with E-state index in [1.165, 1.54) is 18.2 Å². The molecule has 1 rings (SSSR count). The number of nitrogens with one attached hydrogen (secondary N) is 1. The van der Waals surface area contributed by atoms with Crippen molar-refractivity contribution in [3.05, 3.63) is 35.1 Å². The van der Waals surface area contributed by atoms with Crippen LogP contribution in [0.15, 0.2) is 18.2 Å². The van der Waals surface area contributed by atoms with Gasteiger partial charge in [-0.15, -0.1) is 0 Å². The van der Waals surface area contributed by atoms with E-state index in [1.54, 1.807) is 27.7 Å². The van der Waals surface area contributed by atoms with Gasteiger partial charge in [0, 0.05) is 5.56 Å². The predicted octanol–water partition coefficient (Wildman–Crippen LogP) is 2.21. The second-order valence-electron chi connectivity index (χ2n) is 5.23. The van der Waals surface area contributed by atoms with Crippen molar-refractivity contribution in [3.63, 3.8) is 0 Å². The Balaban J connectivity index is 2.56. The van der Waals surface area contributed by atoms with Gasteiger partial charge < -0.3 is 10.1 Å². The molecule has 104 valence electrons. The first-order valence-electron chi connectivity index (χ1n) is 5.95. The van der Waals surface area contributed by atoms with Crippen LogP contribution in [0.25, 0.3) is 0 Å². The van der Waals surface area contributed by atoms with Crippen LogP contribution in [0.1, 0.15) is 36.7 Å². The van der Waals surface area contributed by atoms with E-state index in [0.29, 0.717) is 11.1 Å². The van der Waals surface area contributed by atoms with Crippen LogP contribution in [-0.4, -0.2) is 24.0 Å². The van der Waals surface area contributed by atoms with E-state index < -0.39 is 17.5 Å². The molecule has 0 spiro atoms. The van der Waals surface area contributed by atoms with Crippen LogP contribution >= 0.6 is 0 Å². The summed E-state index contributed by atoms with van der Waals surface area (Å²) >= 11 is 0. The molecule has 0 saturated carbocycles. The van der Waals surface area contributed by atoms with Gasteiger partial charge in [-0.05, 0) is 51.5 Å². The largest absolute Gasteiger partial charge is 0.459 e. The van der Waals surface area contributed by atoms with Crippen molar-refractivity contribution in [2.24, 2.45) is 0 Å². The predicted molar refractivity (Wildman–Crippen MR) is 69.3 cm³/mol. The molecule has 1 N–H and O–H groups in total. The van der Waals surface area contributed by atoms with Crippen molar-refractivity contribution in [3.8, 4) is 0 Å². The van der Waals surface area contributed by atoms with E-state index >= 15 is 0 Å². The van der Waals surface area contributed by atoms with E-state index in [9.17, 15) is 14.0 Å². The number of esters is 1. The van der Waals surface area contributed by atoms with Crippen molar-refractivity contribution < 1.29 is 18.7 Å². The Morgan fingerprint density at radius 1 is 1.32 bits per heavy atom. The molecule has 5 heteroatoms. The Hall–Kier alpha value is -1.91. The highest BCUT2D eigenvalue weighted by molar-refractivity contribution is 5.96. The van der Waals surface area contributed by atoms with Gasteiger partial charge in [-0.1, -0.05) is 0 Å². The molecule has 0 saturated heterocycles. The van der Waals surface area contributed by atoms with E-state index in [2.05, 4.69) is 5.32 Å². The van der Waals surface area contributed by atoms with Crippen molar-refractivity contribution in [2.75, 3.05) is 6.54 Å². The molecule has 0 unspecified atom stereocenters. The molecule has 4 nitrogen and oxygen atoms in total. The second kappa shape index (κ2) is 5.82. The van der Waals surface area contributed by atoms with Crippen LogP contribution in [-0.2, 0) is 9.53 Å². The number of hydrogen-bond acceptors (Lipinski definition) is 3. The van der Waals surface area contributed by atoms with E-state index in [4.69, 9.17) is 4.74 Å². The van der Waals surface area contributed by atoms with E-state index in [-0.39, 0.29) is 12.4 Å². The fraction of sp³-hybridized carbons (Fsp3) is 0.429. The molecular formula is C14H18FNO3. The monoisotopic (exact) mass is 267 g/mol. The molecule has 1 amide bonds. The van der Waals surface area contributed by atoms with E-state index in [0.717, 1.165) is 0 Å². The van der Waals surface area contributed by atoms with Gasteiger partial charge in [-0.25, -0.2) is 4.39 Å². The second-order valence-corrected chi connectivity index (χ2v) is 5.23. The Morgan fingerprint density at radius 3 is 2.47 bits per heavy atom. The summed E-state index contributed by atoms with van der Waals surface area (Å²) in [4.78, 5) is 23.2. The number of rotatable bonds is 3. The van der Waals surface area contributed by atoms with Gasteiger partial charge in [0.1, 0.15) is 18.0 Å². The fourth-order valence-electron chi connectivity index (χ4n) is 1.42. The fourth-order valence-corrected chi connectivity index (χ4v) is 1.42. The van der Waals surface area contributed by atoms with Crippen LogP contribution in [0.5, 0.6) is 0 Å². The molecule has 0 bridgehead atoms. The molecule has 0 fully saturated rings. The molecule has 0 aliphatic carbocycles. The topological polar surface area (TPSA) is 55.4 Å². The number of halogens is 1. The van der Waals surface area contributed by atoms with Crippen LogP contribution in [0.4, 0.5) is 4.39 Å². The molecule has 0 aliphatic heterocycles. The van der Waals surface area contributed by atoms with Gasteiger partial charge in [0.2, 0.25) is 0 Å². The number of benzene rings is 1. The van der Waals surface area contributed by atoms with Gasteiger partial charge in [-0.3, -0.25) is 9.59 Å². The highest BCUT2D eigenvalue weighted by Crippen LogP contribution is 2.09. The first kappa shape index (κ1) is 15.1. The minimum atomic E-state index is -0.589. The Kier molecular flexibility index (Phi) is 4.64. The molecule has 19 heavy (non-hydrogen) atoms. The van der Waals surface area contributed by atoms with Crippen molar-refractivity contribution in [1.29, 1.82) is 0 Å². The maximum absolute atomic E-state index is 13.1. The highest BCUT2D eigenvalue weighted by atomic mass is 19.1. The minimum Gasteiger partial charge on any atom is -0.459 e. The van der Waals surface area contributed by atoms with Gasteiger partial charge >= 0.3 is 5.97 Å². The van der Waals surface area contributed by atoms with Crippen molar-refractivity contribution in [1.82, 2.24) is 5.32 Å². The Labute approximate surface area is 112 Å². The zero-order chi connectivity index (χ0) is 14.6. The molecule has 0 radical (unpaired) electrons. The van der Waals surface area contributed by atoms with E-state index in [1.807, 2.05) is 0 Å². The summed E-state index contributed by atoms with van der Waals surface area (Å²) in [5.74, 6) is -1.32. The third-order valence-electron chi connectivity index (χ3n) is 2.23. The third-order valence-corrected chi connectivity index (χ3v) is 2.23. The third kappa shape index (κ3) is 5.07. The number of amides is 1. The maximum Gasteiger partial charge on any atom is 0.325 e. The zero-order valence-electron chi connectivity index (χ0n) is 11.5. The lowest BCUT2D eigenvalue weighted by atomic mass is 10.1. The molecule has 1 aromatic carbocycles. The Morgan fingerprint density at radius 2 is 1.95 bits per heavy atom. The summed E-state index contributed by atoms with van der Waals surface area (Å²) in [6.07, 6.45) is 0. The number of ether oxygens (including phenoxy) is 1. The molecule has 0 atom stereocenters. The van der Waals surface area contributed by atoms with Crippen LogP contribution in [0.2, 0.25) is 0 Å². The molecule has 0 heterocycles. The van der Waals surface area contributed by atoms with Crippen LogP contribution in [0, 0.1) is 12.7 Å². The van der Waals surface area contributed by atoms with Gasteiger partial charge in [0.25, 0.3) is 5.91 Å². The van der Waals surface area contributed by atoms with Gasteiger partial charge in [0.05, 0.1) is 0 Å². The minimum absolute atomic E-state index is 0.216. The summed E-state index contributed by atoms with van der Waals surface area (Å²) in [5.41, 5.74) is 0.0984. The smallest absolute Gasteiger partial charge is 0.325 e. The van der Waals surface area contributed by atoms with Crippen molar-refractivity contribution >= 4 is 11.9 Å². The number of aryl methyl sites for hydroxylation is 1. The normalized spacial score (nSPS) is 11.0.